The normalized spacial score (nSPS) is 26.4. The Labute approximate surface area is 176 Å². The van der Waals surface area contributed by atoms with Gasteiger partial charge in [0.25, 0.3) is 0 Å². The van der Waals surface area contributed by atoms with E-state index in [1.54, 1.807) is 41.5 Å². The van der Waals surface area contributed by atoms with Crippen molar-refractivity contribution in [3.05, 3.63) is 0 Å². The van der Waals surface area contributed by atoms with Gasteiger partial charge in [-0.25, -0.2) is 0 Å². The Bertz CT molecular complexity index is 627. The maximum Gasteiger partial charge on any atom is 0.310 e. The molecule has 0 aromatic rings. The predicted octanol–water partition coefficient (Wildman–Crippen LogP) is 0.970. The van der Waals surface area contributed by atoms with Gasteiger partial charge in [-0.3, -0.25) is 19.2 Å². The van der Waals surface area contributed by atoms with E-state index >= 15 is 0 Å². The summed E-state index contributed by atoms with van der Waals surface area (Å²) < 4.78 is 26.6. The number of aliphatic hydroxyl groups is 1. The van der Waals surface area contributed by atoms with Crippen LogP contribution in [0.25, 0.3) is 0 Å². The first kappa shape index (κ1) is 25.8. The highest BCUT2D eigenvalue weighted by atomic mass is 16.7. The van der Waals surface area contributed by atoms with Crippen molar-refractivity contribution in [3.63, 3.8) is 0 Å². The van der Waals surface area contributed by atoms with E-state index in [4.69, 9.17) is 23.7 Å². The number of hydrogen-bond acceptors (Lipinski definition) is 10. The molecular weight excluding hydrogens is 400 g/mol. The van der Waals surface area contributed by atoms with Crippen LogP contribution in [0.1, 0.15) is 48.5 Å². The fourth-order valence-corrected chi connectivity index (χ4v) is 2.39. The van der Waals surface area contributed by atoms with Gasteiger partial charge in [0.15, 0.2) is 18.3 Å². The largest absolute Gasteiger partial charge is 0.463 e. The molecule has 0 aromatic heterocycles. The molecule has 10 heteroatoms. The van der Waals surface area contributed by atoms with E-state index in [0.29, 0.717) is 0 Å². The fourth-order valence-electron chi connectivity index (χ4n) is 2.39. The molecule has 0 unspecified atom stereocenters. The lowest BCUT2D eigenvalue weighted by molar-refractivity contribution is -0.300. The molecule has 30 heavy (non-hydrogen) atoms. The molecule has 0 bridgehead atoms. The van der Waals surface area contributed by atoms with Crippen molar-refractivity contribution in [3.8, 4) is 0 Å². The molecule has 5 atom stereocenters. The van der Waals surface area contributed by atoms with Gasteiger partial charge in [-0.15, -0.1) is 0 Å². The molecule has 0 aliphatic carbocycles. The van der Waals surface area contributed by atoms with Gasteiger partial charge in [-0.05, 0) is 0 Å². The van der Waals surface area contributed by atoms with E-state index in [9.17, 15) is 24.3 Å². The van der Waals surface area contributed by atoms with Crippen LogP contribution in [0.3, 0.4) is 0 Å². The number of esters is 4. The fraction of sp³-hybridized carbons (Fsp3) is 0.800. The highest BCUT2D eigenvalue weighted by Gasteiger charge is 2.52. The summed E-state index contributed by atoms with van der Waals surface area (Å²) >= 11 is 0. The van der Waals surface area contributed by atoms with Crippen molar-refractivity contribution in [1.29, 1.82) is 0 Å². The highest BCUT2D eigenvalue weighted by Crippen LogP contribution is 2.29. The zero-order valence-electron chi connectivity index (χ0n) is 18.4. The molecule has 1 aliphatic rings. The lowest BCUT2D eigenvalue weighted by atomic mass is 9.98. The highest BCUT2D eigenvalue weighted by molar-refractivity contribution is 5.73. The molecule has 1 N–H and O–H groups in total. The number of aliphatic hydroxyl groups excluding tert-OH is 1. The van der Waals surface area contributed by atoms with Crippen LogP contribution in [0.15, 0.2) is 0 Å². The molecule has 1 saturated heterocycles. The van der Waals surface area contributed by atoms with E-state index in [1.807, 2.05) is 0 Å². The minimum absolute atomic E-state index is 0.371. The standard InChI is InChI=1S/C20H32O10/c1-9(2)17(23)28-15-13(8-26-12(7)21)27-20(30-19(25)11(5)6)14(22)16(15)29-18(24)10(3)4/h9-11,13-16,20,22H,8H2,1-7H3/t13-,14-,15-,16-,20+/m1/s1. The second kappa shape index (κ2) is 11.3. The third kappa shape index (κ3) is 7.24. The minimum Gasteiger partial charge on any atom is -0.463 e. The zero-order chi connectivity index (χ0) is 23.2. The number of carbonyl (C=O) groups is 4. The van der Waals surface area contributed by atoms with Gasteiger partial charge < -0.3 is 28.8 Å². The van der Waals surface area contributed by atoms with Crippen LogP contribution in [0, 0.1) is 17.8 Å². The average Bonchev–Trinajstić information content (AvgIpc) is 2.64. The topological polar surface area (TPSA) is 135 Å². The Morgan fingerprint density at radius 3 is 1.67 bits per heavy atom. The Morgan fingerprint density at radius 1 is 0.800 bits per heavy atom. The van der Waals surface area contributed by atoms with Crippen molar-refractivity contribution in [2.24, 2.45) is 17.8 Å². The SMILES string of the molecule is CC(=O)OC[C@H]1O[C@@H](OC(=O)C(C)C)[C@H](O)[C@@H](OC(=O)C(C)C)[C@@H]1OC(=O)C(C)C. The summed E-state index contributed by atoms with van der Waals surface area (Å²) in [7, 11) is 0. The third-order valence-corrected chi connectivity index (χ3v) is 4.22. The smallest absolute Gasteiger partial charge is 0.310 e. The Balaban J connectivity index is 3.25. The molecule has 0 aromatic carbocycles. The summed E-state index contributed by atoms with van der Waals surface area (Å²) in [5, 5.41) is 10.7. The predicted molar refractivity (Wildman–Crippen MR) is 102 cm³/mol. The van der Waals surface area contributed by atoms with Crippen molar-refractivity contribution in [2.45, 2.75) is 79.2 Å². The summed E-state index contributed by atoms with van der Waals surface area (Å²) in [5.41, 5.74) is 0. The summed E-state index contributed by atoms with van der Waals surface area (Å²) in [4.78, 5) is 47.7. The van der Waals surface area contributed by atoms with Gasteiger partial charge in [0.2, 0.25) is 6.29 Å². The zero-order valence-corrected chi connectivity index (χ0v) is 18.4. The first-order valence-corrected chi connectivity index (χ1v) is 9.93. The lowest BCUT2D eigenvalue weighted by Crippen LogP contribution is -2.62. The molecule has 0 amide bonds. The van der Waals surface area contributed by atoms with E-state index in [-0.39, 0.29) is 6.61 Å². The van der Waals surface area contributed by atoms with Gasteiger partial charge in [0.05, 0.1) is 17.8 Å². The summed E-state index contributed by atoms with van der Waals surface area (Å²) in [6.45, 7) is 10.4. The van der Waals surface area contributed by atoms with Crippen LogP contribution in [0.2, 0.25) is 0 Å². The molecule has 1 aliphatic heterocycles. The molecule has 10 nitrogen and oxygen atoms in total. The van der Waals surface area contributed by atoms with Gasteiger partial charge in [-0.2, -0.15) is 0 Å². The maximum absolute atomic E-state index is 12.2. The lowest BCUT2D eigenvalue weighted by Gasteiger charge is -2.43. The van der Waals surface area contributed by atoms with Crippen molar-refractivity contribution in [2.75, 3.05) is 6.61 Å². The van der Waals surface area contributed by atoms with Crippen molar-refractivity contribution in [1.82, 2.24) is 0 Å². The van der Waals surface area contributed by atoms with Gasteiger partial charge in [0.1, 0.15) is 12.7 Å². The summed E-state index contributed by atoms with van der Waals surface area (Å²) in [5.74, 6) is -4.14. The number of rotatable bonds is 8. The van der Waals surface area contributed by atoms with Crippen molar-refractivity contribution >= 4 is 23.9 Å². The van der Waals surface area contributed by atoms with E-state index in [0.717, 1.165) is 0 Å². The molecule has 172 valence electrons. The van der Waals surface area contributed by atoms with E-state index in [2.05, 4.69) is 0 Å². The molecule has 0 saturated carbocycles. The van der Waals surface area contributed by atoms with Crippen LogP contribution in [0.4, 0.5) is 0 Å². The van der Waals surface area contributed by atoms with Crippen LogP contribution in [-0.2, 0) is 42.9 Å². The molecule has 0 spiro atoms. The summed E-state index contributed by atoms with van der Waals surface area (Å²) in [6, 6.07) is 0. The van der Waals surface area contributed by atoms with Gasteiger partial charge in [0, 0.05) is 6.92 Å². The number of carbonyl (C=O) groups excluding carboxylic acids is 4. The number of ether oxygens (including phenoxy) is 5. The van der Waals surface area contributed by atoms with Gasteiger partial charge in [-0.1, -0.05) is 41.5 Å². The quantitative estimate of drug-likeness (QED) is 0.436. The molecule has 1 heterocycles. The molecule has 1 rings (SSSR count). The van der Waals surface area contributed by atoms with Crippen LogP contribution < -0.4 is 0 Å². The van der Waals surface area contributed by atoms with E-state index in [1.165, 1.54) is 6.92 Å². The third-order valence-electron chi connectivity index (χ3n) is 4.22. The van der Waals surface area contributed by atoms with Crippen LogP contribution in [-0.4, -0.2) is 66.3 Å². The Hall–Kier alpha value is -2.20. The molecule has 0 radical (unpaired) electrons. The summed E-state index contributed by atoms with van der Waals surface area (Å²) in [6.07, 6.45) is -6.98. The van der Waals surface area contributed by atoms with Crippen molar-refractivity contribution < 1.29 is 48.0 Å². The second-order valence-corrected chi connectivity index (χ2v) is 8.04. The monoisotopic (exact) mass is 432 g/mol. The number of hydrogen-bond donors (Lipinski definition) is 1. The second-order valence-electron chi connectivity index (χ2n) is 8.04. The van der Waals surface area contributed by atoms with Crippen LogP contribution in [0.5, 0.6) is 0 Å². The molecule has 1 fully saturated rings. The Morgan fingerprint density at radius 2 is 1.23 bits per heavy atom. The first-order valence-electron chi connectivity index (χ1n) is 9.93. The molecular formula is C20H32O10. The van der Waals surface area contributed by atoms with Crippen LogP contribution >= 0.6 is 0 Å². The van der Waals surface area contributed by atoms with Gasteiger partial charge >= 0.3 is 23.9 Å². The minimum atomic E-state index is -1.63. The van der Waals surface area contributed by atoms with E-state index < -0.39 is 72.3 Å². The Kier molecular flexibility index (Phi) is 9.70. The maximum atomic E-state index is 12.2. The first-order chi connectivity index (χ1) is 13.8. The average molecular weight is 432 g/mol.